The third kappa shape index (κ3) is 3.71. The van der Waals surface area contributed by atoms with Gasteiger partial charge in [-0.2, -0.15) is 16.2 Å². The van der Waals surface area contributed by atoms with Crippen molar-refractivity contribution >= 4 is 17.4 Å². The SMILES string of the molecule is CSC1(CNCc2cc([N+](=O)[O-])c(F)cc2F)CCCC1. The summed E-state index contributed by atoms with van der Waals surface area (Å²) < 4.78 is 27.1. The van der Waals surface area contributed by atoms with E-state index in [1.54, 1.807) is 11.8 Å². The van der Waals surface area contributed by atoms with Crippen LogP contribution in [0.25, 0.3) is 0 Å². The van der Waals surface area contributed by atoms with Crippen LogP contribution in [0.4, 0.5) is 14.5 Å². The number of hydrogen-bond donors (Lipinski definition) is 1. The summed E-state index contributed by atoms with van der Waals surface area (Å²) in [7, 11) is 0. The predicted molar refractivity (Wildman–Crippen MR) is 79.4 cm³/mol. The number of hydrogen-bond acceptors (Lipinski definition) is 4. The van der Waals surface area contributed by atoms with Crippen LogP contribution in [0.15, 0.2) is 12.1 Å². The lowest BCUT2D eigenvalue weighted by molar-refractivity contribution is -0.387. The lowest BCUT2D eigenvalue weighted by atomic mass is 10.1. The van der Waals surface area contributed by atoms with Crippen LogP contribution in [0.3, 0.4) is 0 Å². The predicted octanol–water partition coefficient (Wildman–Crippen LogP) is 3.64. The molecule has 1 saturated carbocycles. The first-order valence-electron chi connectivity index (χ1n) is 6.86. The normalized spacial score (nSPS) is 17.1. The van der Waals surface area contributed by atoms with Crippen LogP contribution in [0, 0.1) is 21.7 Å². The van der Waals surface area contributed by atoms with Crippen molar-refractivity contribution in [2.45, 2.75) is 37.0 Å². The molecule has 0 saturated heterocycles. The molecule has 0 aliphatic heterocycles. The number of nitrogens with zero attached hydrogens (tertiary/aromatic N) is 1. The zero-order valence-corrected chi connectivity index (χ0v) is 12.6. The molecule has 7 heteroatoms. The van der Waals surface area contributed by atoms with E-state index in [-0.39, 0.29) is 16.9 Å². The van der Waals surface area contributed by atoms with Crippen LogP contribution < -0.4 is 5.32 Å². The molecule has 1 aliphatic carbocycles. The van der Waals surface area contributed by atoms with Crippen LogP contribution in [0.5, 0.6) is 0 Å². The molecule has 1 fully saturated rings. The third-order valence-electron chi connectivity index (χ3n) is 4.02. The fourth-order valence-corrected chi connectivity index (χ4v) is 3.70. The van der Waals surface area contributed by atoms with Crippen molar-refractivity contribution in [3.63, 3.8) is 0 Å². The molecule has 21 heavy (non-hydrogen) atoms. The van der Waals surface area contributed by atoms with Gasteiger partial charge in [0.15, 0.2) is 0 Å². The van der Waals surface area contributed by atoms with E-state index in [1.807, 2.05) is 0 Å². The largest absolute Gasteiger partial charge is 0.311 e. The molecule has 1 aromatic rings. The van der Waals surface area contributed by atoms with Gasteiger partial charge in [-0.25, -0.2) is 4.39 Å². The Hall–Kier alpha value is -1.21. The second-order valence-corrected chi connectivity index (χ2v) is 6.62. The van der Waals surface area contributed by atoms with Crippen molar-refractivity contribution in [3.8, 4) is 0 Å². The zero-order chi connectivity index (χ0) is 15.5. The average molecular weight is 316 g/mol. The molecule has 0 radical (unpaired) electrons. The van der Waals surface area contributed by atoms with Gasteiger partial charge in [-0.1, -0.05) is 12.8 Å². The molecule has 116 valence electrons. The summed E-state index contributed by atoms with van der Waals surface area (Å²) in [5, 5.41) is 13.8. The average Bonchev–Trinajstić information content (AvgIpc) is 2.90. The standard InChI is InChI=1S/C14H18F2N2O2S/c1-21-14(4-2-3-5-14)9-17-8-10-6-13(18(19)20)12(16)7-11(10)15/h6-7,17H,2-5,8-9H2,1H3. The summed E-state index contributed by atoms with van der Waals surface area (Å²) >= 11 is 1.81. The van der Waals surface area contributed by atoms with E-state index in [1.165, 1.54) is 12.8 Å². The first-order valence-corrected chi connectivity index (χ1v) is 8.08. The summed E-state index contributed by atoms with van der Waals surface area (Å²) in [5.41, 5.74) is -0.564. The molecule has 0 aromatic heterocycles. The second-order valence-electron chi connectivity index (χ2n) is 5.35. The van der Waals surface area contributed by atoms with Crippen LogP contribution in [-0.2, 0) is 6.54 Å². The molecule has 0 amide bonds. The molecule has 1 aromatic carbocycles. The highest BCUT2D eigenvalue weighted by Crippen LogP contribution is 2.39. The lowest BCUT2D eigenvalue weighted by Crippen LogP contribution is -2.34. The first-order chi connectivity index (χ1) is 9.97. The van der Waals surface area contributed by atoms with Gasteiger partial charge in [-0.3, -0.25) is 10.1 Å². The van der Waals surface area contributed by atoms with Crippen molar-refractivity contribution in [1.82, 2.24) is 5.32 Å². The first kappa shape index (κ1) is 16.2. The molecular formula is C14H18F2N2O2S. The minimum Gasteiger partial charge on any atom is -0.311 e. The number of benzene rings is 1. The molecule has 1 aliphatic rings. The highest BCUT2D eigenvalue weighted by atomic mass is 32.2. The smallest absolute Gasteiger partial charge is 0.305 e. The quantitative estimate of drug-likeness (QED) is 0.643. The number of halogens is 2. The van der Waals surface area contributed by atoms with Crippen LogP contribution in [-0.4, -0.2) is 22.5 Å². The fraction of sp³-hybridized carbons (Fsp3) is 0.571. The minimum atomic E-state index is -1.14. The minimum absolute atomic E-state index is 0.123. The summed E-state index contributed by atoms with van der Waals surface area (Å²) in [6, 6.07) is 1.55. The molecule has 4 nitrogen and oxygen atoms in total. The Labute approximate surface area is 126 Å². The summed E-state index contributed by atoms with van der Waals surface area (Å²) in [4.78, 5) is 9.85. The Morgan fingerprint density at radius 3 is 2.57 bits per heavy atom. The monoisotopic (exact) mass is 316 g/mol. The highest BCUT2D eigenvalue weighted by Gasteiger charge is 2.32. The number of nitrogens with one attached hydrogen (secondary N) is 1. The number of nitro benzene ring substituents is 1. The van der Waals surface area contributed by atoms with Gasteiger partial charge in [0.1, 0.15) is 5.82 Å². The molecule has 0 bridgehead atoms. The van der Waals surface area contributed by atoms with E-state index in [0.717, 1.165) is 25.5 Å². The van der Waals surface area contributed by atoms with E-state index < -0.39 is 22.2 Å². The van der Waals surface area contributed by atoms with Crippen molar-refractivity contribution in [2.75, 3.05) is 12.8 Å². The summed E-state index contributed by atoms with van der Waals surface area (Å²) in [6.07, 6.45) is 6.69. The van der Waals surface area contributed by atoms with Crippen molar-refractivity contribution < 1.29 is 13.7 Å². The number of rotatable bonds is 6. The second kappa shape index (κ2) is 6.70. The van der Waals surface area contributed by atoms with Crippen molar-refractivity contribution in [3.05, 3.63) is 39.4 Å². The van der Waals surface area contributed by atoms with E-state index in [0.29, 0.717) is 6.07 Å². The molecule has 0 heterocycles. The Morgan fingerprint density at radius 1 is 1.33 bits per heavy atom. The lowest BCUT2D eigenvalue weighted by Gasteiger charge is -2.27. The van der Waals surface area contributed by atoms with Gasteiger partial charge < -0.3 is 5.32 Å². The number of thioether (sulfide) groups is 1. The molecule has 0 atom stereocenters. The van der Waals surface area contributed by atoms with E-state index >= 15 is 0 Å². The maximum atomic E-state index is 13.7. The summed E-state index contributed by atoms with van der Waals surface area (Å²) in [5.74, 6) is -1.90. The van der Waals surface area contributed by atoms with E-state index in [2.05, 4.69) is 11.6 Å². The fourth-order valence-electron chi connectivity index (χ4n) is 2.75. The number of nitro groups is 1. The van der Waals surface area contributed by atoms with Gasteiger partial charge in [0.2, 0.25) is 5.82 Å². The van der Waals surface area contributed by atoms with Gasteiger partial charge in [0, 0.05) is 35.5 Å². The Morgan fingerprint density at radius 2 is 2.00 bits per heavy atom. The van der Waals surface area contributed by atoms with E-state index in [4.69, 9.17) is 0 Å². The maximum absolute atomic E-state index is 13.7. The maximum Gasteiger partial charge on any atom is 0.305 e. The van der Waals surface area contributed by atoms with Crippen LogP contribution in [0.2, 0.25) is 0 Å². The highest BCUT2D eigenvalue weighted by molar-refractivity contribution is 8.00. The molecule has 2 rings (SSSR count). The Bertz CT molecular complexity index is 534. The van der Waals surface area contributed by atoms with Gasteiger partial charge in [0.05, 0.1) is 4.92 Å². The molecule has 1 N–H and O–H groups in total. The van der Waals surface area contributed by atoms with Crippen LogP contribution >= 0.6 is 11.8 Å². The van der Waals surface area contributed by atoms with Gasteiger partial charge in [0.25, 0.3) is 0 Å². The third-order valence-corrected chi connectivity index (χ3v) is 5.44. The molecule has 0 spiro atoms. The Balaban J connectivity index is 2.03. The van der Waals surface area contributed by atoms with Gasteiger partial charge in [-0.15, -0.1) is 0 Å². The van der Waals surface area contributed by atoms with Gasteiger partial charge >= 0.3 is 5.69 Å². The Kier molecular flexibility index (Phi) is 5.16. The van der Waals surface area contributed by atoms with Crippen molar-refractivity contribution in [2.24, 2.45) is 0 Å². The summed E-state index contributed by atoms with van der Waals surface area (Å²) in [6.45, 7) is 0.883. The van der Waals surface area contributed by atoms with Crippen LogP contribution in [0.1, 0.15) is 31.2 Å². The zero-order valence-electron chi connectivity index (χ0n) is 11.8. The molecular weight excluding hydrogens is 298 g/mol. The topological polar surface area (TPSA) is 55.2 Å². The van der Waals surface area contributed by atoms with E-state index in [9.17, 15) is 18.9 Å². The molecule has 0 unspecified atom stereocenters. The van der Waals surface area contributed by atoms with Gasteiger partial charge in [-0.05, 0) is 19.1 Å². The van der Waals surface area contributed by atoms with Crippen molar-refractivity contribution in [1.29, 1.82) is 0 Å².